The number of aromatic nitrogens is 2. The second-order valence-corrected chi connectivity index (χ2v) is 6.09. The molecule has 10 heteroatoms. The summed E-state index contributed by atoms with van der Waals surface area (Å²) in [6.45, 7) is 1.51. The van der Waals surface area contributed by atoms with Crippen molar-refractivity contribution in [3.8, 4) is 0 Å². The maximum absolute atomic E-state index is 13.2. The van der Waals surface area contributed by atoms with Crippen LogP contribution in [0.25, 0.3) is 0 Å². The Morgan fingerprint density at radius 2 is 2.00 bits per heavy atom. The number of alkyl halides is 3. The molecule has 0 saturated carbocycles. The normalized spacial score (nSPS) is 12.5. The molecule has 28 heavy (non-hydrogen) atoms. The summed E-state index contributed by atoms with van der Waals surface area (Å²) in [4.78, 5) is 24.3. The van der Waals surface area contributed by atoms with Gasteiger partial charge >= 0.3 is 6.18 Å². The predicted octanol–water partition coefficient (Wildman–Crippen LogP) is 2.90. The minimum atomic E-state index is -4.68. The molecule has 0 radical (unpaired) electrons. The number of benzene rings is 1. The Morgan fingerprint density at radius 3 is 2.54 bits per heavy atom. The van der Waals surface area contributed by atoms with Crippen LogP contribution in [0.15, 0.2) is 30.5 Å². The molecule has 1 heterocycles. The van der Waals surface area contributed by atoms with Crippen LogP contribution in [-0.2, 0) is 22.8 Å². The second-order valence-electron chi connectivity index (χ2n) is 6.09. The van der Waals surface area contributed by atoms with Crippen LogP contribution in [0, 0.1) is 0 Å². The van der Waals surface area contributed by atoms with Crippen molar-refractivity contribution in [2.24, 2.45) is 7.05 Å². The summed E-state index contributed by atoms with van der Waals surface area (Å²) >= 11 is 0. The largest absolute Gasteiger partial charge is 0.416 e. The molecule has 0 saturated heterocycles. The van der Waals surface area contributed by atoms with E-state index in [0.29, 0.717) is 6.42 Å². The number of halogens is 3. The molecular formula is C18H21F3N4O3. The van der Waals surface area contributed by atoms with Gasteiger partial charge in [0, 0.05) is 31.6 Å². The lowest BCUT2D eigenvalue weighted by molar-refractivity contribution is -0.137. The summed E-state index contributed by atoms with van der Waals surface area (Å²) in [6, 6.07) is 3.99. The lowest BCUT2D eigenvalue weighted by Crippen LogP contribution is -2.30. The number of nitrogens with one attached hydrogen (secondary N) is 2. The minimum Gasteiger partial charge on any atom is -0.375 e. The van der Waals surface area contributed by atoms with Gasteiger partial charge in [-0.05, 0) is 30.7 Å². The molecule has 0 aliphatic rings. The lowest BCUT2D eigenvalue weighted by atomic mass is 10.1. The molecule has 0 fully saturated rings. The van der Waals surface area contributed by atoms with Crippen LogP contribution in [0.3, 0.4) is 0 Å². The zero-order valence-corrected chi connectivity index (χ0v) is 15.6. The summed E-state index contributed by atoms with van der Waals surface area (Å²) in [5.74, 6) is -1.32. The highest BCUT2D eigenvalue weighted by atomic mass is 19.4. The number of anilines is 1. The molecule has 2 rings (SSSR count). The summed E-state index contributed by atoms with van der Waals surface area (Å²) in [5.41, 5.74) is -0.684. The number of hydrogen-bond acceptors (Lipinski definition) is 4. The third kappa shape index (κ3) is 5.32. The van der Waals surface area contributed by atoms with Crippen LogP contribution >= 0.6 is 0 Å². The van der Waals surface area contributed by atoms with Crippen molar-refractivity contribution >= 4 is 17.5 Å². The quantitative estimate of drug-likeness (QED) is 0.751. The van der Waals surface area contributed by atoms with E-state index in [1.54, 1.807) is 24.0 Å². The number of carbonyl (C=O) groups excluding carboxylic acids is 2. The van der Waals surface area contributed by atoms with E-state index in [0.717, 1.165) is 17.8 Å². The summed E-state index contributed by atoms with van der Waals surface area (Å²) in [5, 5.41) is 9.04. The third-order valence-electron chi connectivity index (χ3n) is 4.01. The Bertz CT molecular complexity index is 849. The number of rotatable bonds is 7. The number of hydrogen-bond donors (Lipinski definition) is 2. The molecule has 7 nitrogen and oxygen atoms in total. The molecule has 2 N–H and O–H groups in total. The van der Waals surface area contributed by atoms with Gasteiger partial charge in [0.05, 0.1) is 17.3 Å². The van der Waals surface area contributed by atoms with Crippen LogP contribution in [-0.4, -0.2) is 35.3 Å². The number of ether oxygens (including phenoxy) is 1. The van der Waals surface area contributed by atoms with E-state index >= 15 is 0 Å². The second kappa shape index (κ2) is 8.87. The van der Waals surface area contributed by atoms with Gasteiger partial charge in [0.2, 0.25) is 5.91 Å². The molecule has 0 aliphatic carbocycles. The van der Waals surface area contributed by atoms with Crippen molar-refractivity contribution in [3.63, 3.8) is 0 Å². The van der Waals surface area contributed by atoms with Gasteiger partial charge in [-0.25, -0.2) is 0 Å². The number of amides is 2. The predicted molar refractivity (Wildman–Crippen MR) is 95.7 cm³/mol. The average Bonchev–Trinajstić information content (AvgIpc) is 3.04. The topological polar surface area (TPSA) is 85.2 Å². The molecule has 0 aliphatic heterocycles. The first-order valence-electron chi connectivity index (χ1n) is 8.45. The highest BCUT2D eigenvalue weighted by molar-refractivity contribution is 5.98. The number of carbonyl (C=O) groups is 2. The van der Waals surface area contributed by atoms with E-state index in [9.17, 15) is 22.8 Å². The number of methoxy groups -OCH3 is 1. The van der Waals surface area contributed by atoms with E-state index in [4.69, 9.17) is 0 Å². The highest BCUT2D eigenvalue weighted by Gasteiger charge is 2.32. The maximum atomic E-state index is 13.2. The smallest absolute Gasteiger partial charge is 0.375 e. The standard InChI is InChI=1S/C18H21F3N4O3/c1-4-14(15-5-6-22-25(15)2)24-17(27)11-7-12(18(19,20)21)9-13(8-11)23-16(26)10-28-3/h5-9,14H,4,10H2,1-3H3,(H,23,26)(H,24,27). The maximum Gasteiger partial charge on any atom is 0.416 e. The molecule has 1 atom stereocenters. The average molecular weight is 398 g/mol. The molecule has 1 unspecified atom stereocenters. The van der Waals surface area contributed by atoms with Gasteiger partial charge in [0.25, 0.3) is 5.91 Å². The lowest BCUT2D eigenvalue weighted by Gasteiger charge is -2.18. The fraction of sp³-hybridized carbons (Fsp3) is 0.389. The van der Waals surface area contributed by atoms with Gasteiger partial charge in [-0.15, -0.1) is 0 Å². The number of aryl methyl sites for hydroxylation is 1. The molecule has 2 amide bonds. The van der Waals surface area contributed by atoms with Crippen LogP contribution < -0.4 is 10.6 Å². The van der Waals surface area contributed by atoms with Crippen molar-refractivity contribution in [1.29, 1.82) is 0 Å². The van der Waals surface area contributed by atoms with Crippen molar-refractivity contribution < 1.29 is 27.5 Å². The van der Waals surface area contributed by atoms with E-state index in [1.807, 2.05) is 6.92 Å². The molecule has 1 aromatic carbocycles. The van der Waals surface area contributed by atoms with Gasteiger partial charge in [0.15, 0.2) is 0 Å². The van der Waals surface area contributed by atoms with Gasteiger partial charge in [-0.1, -0.05) is 6.92 Å². The summed E-state index contributed by atoms with van der Waals surface area (Å²) in [6.07, 6.45) is -2.59. The zero-order chi connectivity index (χ0) is 20.9. The molecule has 0 bridgehead atoms. The fourth-order valence-corrected chi connectivity index (χ4v) is 2.68. The van der Waals surface area contributed by atoms with Crippen molar-refractivity contribution in [2.45, 2.75) is 25.6 Å². The molecule has 1 aromatic heterocycles. The van der Waals surface area contributed by atoms with Gasteiger partial charge in [-0.2, -0.15) is 18.3 Å². The van der Waals surface area contributed by atoms with Crippen molar-refractivity contribution in [1.82, 2.24) is 15.1 Å². The summed E-state index contributed by atoms with van der Waals surface area (Å²) in [7, 11) is 2.99. The Morgan fingerprint density at radius 1 is 1.29 bits per heavy atom. The van der Waals surface area contributed by atoms with Gasteiger partial charge in [0.1, 0.15) is 6.61 Å². The highest BCUT2D eigenvalue weighted by Crippen LogP contribution is 2.32. The Kier molecular flexibility index (Phi) is 6.79. The fourth-order valence-electron chi connectivity index (χ4n) is 2.68. The SMILES string of the molecule is CCC(NC(=O)c1cc(NC(=O)COC)cc(C(F)(F)F)c1)c1ccnn1C. The monoisotopic (exact) mass is 398 g/mol. The molecular weight excluding hydrogens is 377 g/mol. The van der Waals surface area contributed by atoms with Crippen molar-refractivity contribution in [3.05, 3.63) is 47.3 Å². The van der Waals surface area contributed by atoms with E-state index in [2.05, 4.69) is 20.5 Å². The van der Waals surface area contributed by atoms with E-state index in [1.165, 1.54) is 13.2 Å². The minimum absolute atomic E-state index is 0.143. The Balaban J connectivity index is 2.32. The number of nitrogens with zero attached hydrogens (tertiary/aromatic N) is 2. The van der Waals surface area contributed by atoms with Gasteiger partial charge < -0.3 is 15.4 Å². The Hall–Kier alpha value is -2.88. The molecule has 2 aromatic rings. The zero-order valence-electron chi connectivity index (χ0n) is 15.6. The first-order valence-corrected chi connectivity index (χ1v) is 8.45. The summed E-state index contributed by atoms with van der Waals surface area (Å²) < 4.78 is 45.9. The molecule has 0 spiro atoms. The van der Waals surface area contributed by atoms with E-state index in [-0.39, 0.29) is 17.9 Å². The van der Waals surface area contributed by atoms with Crippen LogP contribution in [0.1, 0.15) is 41.0 Å². The third-order valence-corrected chi connectivity index (χ3v) is 4.01. The molecule has 152 valence electrons. The van der Waals surface area contributed by atoms with E-state index < -0.39 is 29.6 Å². The van der Waals surface area contributed by atoms with Crippen molar-refractivity contribution in [2.75, 3.05) is 19.0 Å². The first-order chi connectivity index (χ1) is 13.2. The Labute approximate surface area is 159 Å². The van der Waals surface area contributed by atoms with Gasteiger partial charge in [-0.3, -0.25) is 14.3 Å². The van der Waals surface area contributed by atoms with Crippen LogP contribution in [0.4, 0.5) is 18.9 Å². The first kappa shape index (κ1) is 21.4. The van der Waals surface area contributed by atoms with Crippen LogP contribution in [0.2, 0.25) is 0 Å². The van der Waals surface area contributed by atoms with Crippen LogP contribution in [0.5, 0.6) is 0 Å².